The Labute approximate surface area is 188 Å². The van der Waals surface area contributed by atoms with Crippen LogP contribution in [0.3, 0.4) is 0 Å². The minimum Gasteiger partial charge on any atom is -0.332 e. The first-order chi connectivity index (χ1) is 14.9. The molecule has 31 heavy (non-hydrogen) atoms. The van der Waals surface area contributed by atoms with E-state index in [1.54, 1.807) is 22.8 Å². The lowest BCUT2D eigenvalue weighted by Crippen LogP contribution is -2.40. The van der Waals surface area contributed by atoms with Crippen molar-refractivity contribution in [2.45, 2.75) is 53.0 Å². The molecule has 0 aliphatic heterocycles. The highest BCUT2D eigenvalue weighted by atomic mass is 35.5. The van der Waals surface area contributed by atoms with Gasteiger partial charge in [-0.2, -0.15) is 0 Å². The summed E-state index contributed by atoms with van der Waals surface area (Å²) >= 11 is 6.25. The molecule has 1 heterocycles. The molecule has 0 saturated heterocycles. The number of carbonyl (C=O) groups is 1. The predicted octanol–water partition coefficient (Wildman–Crippen LogP) is 5.77. The van der Waals surface area contributed by atoms with Crippen LogP contribution in [0, 0.1) is 5.92 Å². The molecule has 0 fully saturated rings. The standard InChI is InChI=1S/C25H30ClN3O2/c1-5-10-23(30)28(16-17(3)4)22(6-2)24-27-21-14-8-7-13-20(21)25(31)29(24)19-12-9-11-18(26)15-19/h7-9,11-15,17,22H,5-6,10,16H2,1-4H3. The zero-order valence-electron chi connectivity index (χ0n) is 18.6. The van der Waals surface area contributed by atoms with Gasteiger partial charge >= 0.3 is 0 Å². The first kappa shape index (κ1) is 23.0. The van der Waals surface area contributed by atoms with Crippen molar-refractivity contribution in [1.29, 1.82) is 0 Å². The van der Waals surface area contributed by atoms with Crippen molar-refractivity contribution in [3.8, 4) is 5.69 Å². The van der Waals surface area contributed by atoms with Crippen molar-refractivity contribution < 1.29 is 4.79 Å². The second-order valence-corrected chi connectivity index (χ2v) is 8.66. The van der Waals surface area contributed by atoms with Crippen molar-refractivity contribution in [2.75, 3.05) is 6.54 Å². The third-order valence-corrected chi connectivity index (χ3v) is 5.51. The monoisotopic (exact) mass is 439 g/mol. The smallest absolute Gasteiger partial charge is 0.266 e. The molecule has 6 heteroatoms. The van der Waals surface area contributed by atoms with E-state index in [2.05, 4.69) is 13.8 Å². The molecule has 0 saturated carbocycles. The molecule has 1 unspecified atom stereocenters. The fourth-order valence-corrected chi connectivity index (χ4v) is 4.12. The highest BCUT2D eigenvalue weighted by molar-refractivity contribution is 6.30. The molecule has 0 bridgehead atoms. The predicted molar refractivity (Wildman–Crippen MR) is 127 cm³/mol. The van der Waals surface area contributed by atoms with Crippen molar-refractivity contribution in [3.05, 3.63) is 69.7 Å². The molecule has 0 aliphatic rings. The summed E-state index contributed by atoms with van der Waals surface area (Å²) in [5, 5.41) is 1.08. The Bertz CT molecular complexity index is 1120. The Morgan fingerprint density at radius 1 is 1.13 bits per heavy atom. The SMILES string of the molecule is CCCC(=O)N(CC(C)C)C(CC)c1nc2ccccc2c(=O)n1-c1cccc(Cl)c1. The summed E-state index contributed by atoms with van der Waals surface area (Å²) in [6, 6.07) is 14.2. The third kappa shape index (κ3) is 4.99. The Morgan fingerprint density at radius 3 is 2.52 bits per heavy atom. The van der Waals surface area contributed by atoms with Crippen molar-refractivity contribution in [2.24, 2.45) is 5.92 Å². The van der Waals surface area contributed by atoms with Crippen molar-refractivity contribution in [3.63, 3.8) is 0 Å². The van der Waals surface area contributed by atoms with Crippen molar-refractivity contribution >= 4 is 28.4 Å². The molecular weight excluding hydrogens is 410 g/mol. The van der Waals surface area contributed by atoms with Gasteiger partial charge in [0.05, 0.1) is 22.6 Å². The highest BCUT2D eigenvalue weighted by Gasteiger charge is 2.29. The summed E-state index contributed by atoms with van der Waals surface area (Å²) in [6.45, 7) is 8.83. The van der Waals surface area contributed by atoms with Crippen LogP contribution in [0.15, 0.2) is 53.3 Å². The second kappa shape index (κ2) is 10.1. The number of para-hydroxylation sites is 1. The van der Waals surface area contributed by atoms with Gasteiger partial charge in [-0.3, -0.25) is 14.2 Å². The average Bonchev–Trinajstić information content (AvgIpc) is 2.73. The van der Waals surface area contributed by atoms with Gasteiger partial charge in [0.2, 0.25) is 5.91 Å². The van der Waals surface area contributed by atoms with Gasteiger partial charge in [0, 0.05) is 18.0 Å². The molecule has 5 nitrogen and oxygen atoms in total. The Morgan fingerprint density at radius 2 is 1.87 bits per heavy atom. The lowest BCUT2D eigenvalue weighted by atomic mass is 10.1. The van der Waals surface area contributed by atoms with E-state index in [-0.39, 0.29) is 17.5 Å². The van der Waals surface area contributed by atoms with E-state index in [0.29, 0.717) is 52.7 Å². The van der Waals surface area contributed by atoms with Gasteiger partial charge in [-0.25, -0.2) is 4.98 Å². The lowest BCUT2D eigenvalue weighted by molar-refractivity contribution is -0.134. The van der Waals surface area contributed by atoms with Crippen LogP contribution in [-0.2, 0) is 4.79 Å². The van der Waals surface area contributed by atoms with E-state index in [0.717, 1.165) is 6.42 Å². The van der Waals surface area contributed by atoms with E-state index in [4.69, 9.17) is 16.6 Å². The second-order valence-electron chi connectivity index (χ2n) is 8.22. The summed E-state index contributed by atoms with van der Waals surface area (Å²) in [5.74, 6) is 0.948. The third-order valence-electron chi connectivity index (χ3n) is 5.28. The van der Waals surface area contributed by atoms with E-state index < -0.39 is 0 Å². The minimum atomic E-state index is -0.322. The normalized spacial score (nSPS) is 12.3. The minimum absolute atomic E-state index is 0.0862. The number of halogens is 1. The van der Waals surface area contributed by atoms with Crippen LogP contribution in [0.4, 0.5) is 0 Å². The van der Waals surface area contributed by atoms with Crippen LogP contribution in [-0.4, -0.2) is 26.9 Å². The summed E-state index contributed by atoms with van der Waals surface area (Å²) < 4.78 is 1.62. The van der Waals surface area contributed by atoms with Crippen molar-refractivity contribution in [1.82, 2.24) is 14.5 Å². The van der Waals surface area contributed by atoms with Gasteiger partial charge in [-0.15, -0.1) is 0 Å². The molecule has 0 N–H and O–H groups in total. The van der Waals surface area contributed by atoms with Gasteiger partial charge in [0.25, 0.3) is 5.56 Å². The number of rotatable bonds is 8. The van der Waals surface area contributed by atoms with Crippen LogP contribution in [0.5, 0.6) is 0 Å². The maximum Gasteiger partial charge on any atom is 0.266 e. The number of hydrogen-bond donors (Lipinski definition) is 0. The van der Waals surface area contributed by atoms with Gasteiger partial charge in [-0.1, -0.05) is 57.5 Å². The van der Waals surface area contributed by atoms with E-state index in [1.165, 1.54) is 0 Å². The Hall–Kier alpha value is -2.66. The average molecular weight is 440 g/mol. The fourth-order valence-electron chi connectivity index (χ4n) is 3.93. The quantitative estimate of drug-likeness (QED) is 0.447. The van der Waals surface area contributed by atoms with Gasteiger partial charge < -0.3 is 4.90 Å². The molecule has 0 aliphatic carbocycles. The Kier molecular flexibility index (Phi) is 7.50. The van der Waals surface area contributed by atoms with Crippen LogP contribution in [0.25, 0.3) is 16.6 Å². The molecule has 3 aromatic rings. The first-order valence-corrected chi connectivity index (χ1v) is 11.3. The number of aromatic nitrogens is 2. The molecule has 2 aromatic carbocycles. The molecule has 0 radical (unpaired) electrons. The number of amides is 1. The first-order valence-electron chi connectivity index (χ1n) is 10.9. The topological polar surface area (TPSA) is 55.2 Å². The van der Waals surface area contributed by atoms with Crippen LogP contribution >= 0.6 is 11.6 Å². The van der Waals surface area contributed by atoms with E-state index in [9.17, 15) is 9.59 Å². The van der Waals surface area contributed by atoms with Crippen LogP contribution in [0.1, 0.15) is 58.8 Å². The molecule has 1 aromatic heterocycles. The molecule has 0 spiro atoms. The summed E-state index contributed by atoms with van der Waals surface area (Å²) in [6.07, 6.45) is 1.89. The zero-order chi connectivity index (χ0) is 22.5. The van der Waals surface area contributed by atoms with Crippen LogP contribution < -0.4 is 5.56 Å². The number of benzene rings is 2. The van der Waals surface area contributed by atoms with Crippen LogP contribution in [0.2, 0.25) is 5.02 Å². The number of carbonyl (C=O) groups excluding carboxylic acids is 1. The number of hydrogen-bond acceptors (Lipinski definition) is 3. The summed E-state index contributed by atoms with van der Waals surface area (Å²) in [5.41, 5.74) is 1.12. The molecule has 1 amide bonds. The molecular formula is C25H30ClN3O2. The van der Waals surface area contributed by atoms with E-state index >= 15 is 0 Å². The molecule has 1 atom stereocenters. The lowest BCUT2D eigenvalue weighted by Gasteiger charge is -2.33. The summed E-state index contributed by atoms with van der Waals surface area (Å²) in [7, 11) is 0. The maximum atomic E-state index is 13.6. The zero-order valence-corrected chi connectivity index (χ0v) is 19.4. The molecule has 164 valence electrons. The van der Waals surface area contributed by atoms with E-state index in [1.807, 2.05) is 49.1 Å². The Balaban J connectivity index is 2.30. The number of nitrogens with zero attached hydrogens (tertiary/aromatic N) is 3. The van der Waals surface area contributed by atoms with Gasteiger partial charge in [0.15, 0.2) is 0 Å². The largest absolute Gasteiger partial charge is 0.332 e. The van der Waals surface area contributed by atoms with Gasteiger partial charge in [-0.05, 0) is 49.1 Å². The fraction of sp³-hybridized carbons (Fsp3) is 0.400. The van der Waals surface area contributed by atoms with Gasteiger partial charge in [0.1, 0.15) is 5.82 Å². The maximum absolute atomic E-state index is 13.6. The molecule has 3 rings (SSSR count). The number of fused-ring (bicyclic) bond motifs is 1. The summed E-state index contributed by atoms with van der Waals surface area (Å²) in [4.78, 5) is 33.5. The highest BCUT2D eigenvalue weighted by Crippen LogP contribution is 2.28.